The molecule has 0 unspecified atom stereocenters. The van der Waals surface area contributed by atoms with Crippen LogP contribution in [0.4, 0.5) is 15.8 Å². The van der Waals surface area contributed by atoms with Crippen LogP contribution in [0.3, 0.4) is 0 Å². The molecule has 3 aromatic rings. The summed E-state index contributed by atoms with van der Waals surface area (Å²) < 4.78 is 13.4. The normalized spacial score (nSPS) is 14.9. The monoisotopic (exact) mass is 450 g/mol. The Balaban J connectivity index is 1.58. The van der Waals surface area contributed by atoms with E-state index in [1.54, 1.807) is 48.5 Å². The van der Waals surface area contributed by atoms with Gasteiger partial charge in [-0.15, -0.1) is 0 Å². The Bertz CT molecular complexity index is 1230. The van der Waals surface area contributed by atoms with E-state index in [9.17, 15) is 19.1 Å². The van der Waals surface area contributed by atoms with Crippen LogP contribution in [0, 0.1) is 5.82 Å². The number of benzene rings is 3. The fourth-order valence-electron chi connectivity index (χ4n) is 2.96. The molecule has 0 spiro atoms. The number of thiocarbonyl (C=S) groups is 1. The standard InChI is InChI=1S/C23H15FN2O3S2/c24-16-8-10-17(11-9-16)25-21(28)15-5-3-6-18(12-15)26-22(29)20(31-23(26)30)13-14-4-1-2-7-19(14)27/h1-13,27H,(H,25,28)/b20-13+. The number of thioether (sulfide) groups is 1. The van der Waals surface area contributed by atoms with Crippen molar-refractivity contribution in [1.29, 1.82) is 0 Å². The van der Waals surface area contributed by atoms with Gasteiger partial charge in [-0.05, 0) is 54.6 Å². The molecule has 1 heterocycles. The van der Waals surface area contributed by atoms with Gasteiger partial charge in [0.2, 0.25) is 0 Å². The summed E-state index contributed by atoms with van der Waals surface area (Å²) in [7, 11) is 0. The van der Waals surface area contributed by atoms with Crippen molar-refractivity contribution >= 4 is 57.6 Å². The van der Waals surface area contributed by atoms with Crippen LogP contribution in [0.2, 0.25) is 0 Å². The molecule has 3 aromatic carbocycles. The second-order valence-corrected chi connectivity index (χ2v) is 8.26. The fraction of sp³-hybridized carbons (Fsp3) is 0. The molecule has 0 radical (unpaired) electrons. The third kappa shape index (κ3) is 4.50. The van der Waals surface area contributed by atoms with E-state index in [0.29, 0.717) is 31.7 Å². The topological polar surface area (TPSA) is 69.6 Å². The predicted octanol–water partition coefficient (Wildman–Crippen LogP) is 5.19. The summed E-state index contributed by atoms with van der Waals surface area (Å²) in [6.45, 7) is 0. The van der Waals surface area contributed by atoms with Crippen LogP contribution in [0.25, 0.3) is 6.08 Å². The van der Waals surface area contributed by atoms with E-state index in [0.717, 1.165) is 11.8 Å². The first kappa shape index (κ1) is 20.8. The summed E-state index contributed by atoms with van der Waals surface area (Å²) >= 11 is 6.50. The Hall–Kier alpha value is -3.49. The molecule has 1 aliphatic heterocycles. The van der Waals surface area contributed by atoms with Crippen molar-refractivity contribution < 1.29 is 19.1 Å². The molecular formula is C23H15FN2O3S2. The quantitative estimate of drug-likeness (QED) is 0.423. The molecular weight excluding hydrogens is 435 g/mol. The molecule has 0 atom stereocenters. The Kier molecular flexibility index (Phi) is 5.83. The summed E-state index contributed by atoms with van der Waals surface area (Å²) in [5.41, 5.74) is 1.74. The third-order valence-electron chi connectivity index (χ3n) is 4.49. The number of carbonyl (C=O) groups excluding carboxylic acids is 2. The number of phenols is 1. The number of anilines is 2. The van der Waals surface area contributed by atoms with Crippen LogP contribution in [-0.4, -0.2) is 21.2 Å². The van der Waals surface area contributed by atoms with Gasteiger partial charge in [-0.2, -0.15) is 0 Å². The molecule has 1 aliphatic rings. The van der Waals surface area contributed by atoms with E-state index in [1.807, 2.05) is 0 Å². The van der Waals surface area contributed by atoms with E-state index in [-0.39, 0.29) is 11.7 Å². The molecule has 1 saturated heterocycles. The number of para-hydroxylation sites is 1. The van der Waals surface area contributed by atoms with E-state index in [4.69, 9.17) is 12.2 Å². The lowest BCUT2D eigenvalue weighted by Gasteiger charge is -2.15. The van der Waals surface area contributed by atoms with Gasteiger partial charge in [-0.1, -0.05) is 48.2 Å². The van der Waals surface area contributed by atoms with Gasteiger partial charge in [0, 0.05) is 16.8 Å². The molecule has 5 nitrogen and oxygen atoms in total. The maximum Gasteiger partial charge on any atom is 0.270 e. The van der Waals surface area contributed by atoms with Gasteiger partial charge >= 0.3 is 0 Å². The molecule has 31 heavy (non-hydrogen) atoms. The molecule has 2 N–H and O–H groups in total. The summed E-state index contributed by atoms with van der Waals surface area (Å²) in [5, 5.41) is 12.6. The predicted molar refractivity (Wildman–Crippen MR) is 125 cm³/mol. The lowest BCUT2D eigenvalue weighted by Crippen LogP contribution is -2.27. The number of phenolic OH excluding ortho intramolecular Hbond substituents is 1. The largest absolute Gasteiger partial charge is 0.507 e. The van der Waals surface area contributed by atoms with Gasteiger partial charge in [0.25, 0.3) is 11.8 Å². The molecule has 0 aliphatic carbocycles. The maximum absolute atomic E-state index is 13.1. The first-order valence-corrected chi connectivity index (χ1v) is 10.4. The van der Waals surface area contributed by atoms with Crippen LogP contribution in [-0.2, 0) is 4.79 Å². The zero-order valence-electron chi connectivity index (χ0n) is 15.9. The molecule has 154 valence electrons. The van der Waals surface area contributed by atoms with Gasteiger partial charge < -0.3 is 10.4 Å². The number of rotatable bonds is 4. The van der Waals surface area contributed by atoms with Crippen molar-refractivity contribution in [2.45, 2.75) is 0 Å². The first-order valence-electron chi connectivity index (χ1n) is 9.15. The van der Waals surface area contributed by atoms with E-state index in [2.05, 4.69) is 5.32 Å². The number of halogens is 1. The first-order chi connectivity index (χ1) is 14.9. The average molecular weight is 451 g/mol. The number of hydrogen-bond acceptors (Lipinski definition) is 5. The van der Waals surface area contributed by atoms with Crippen molar-refractivity contribution in [3.05, 3.63) is 94.6 Å². The zero-order chi connectivity index (χ0) is 22.0. The van der Waals surface area contributed by atoms with Gasteiger partial charge in [0.1, 0.15) is 11.6 Å². The number of amides is 2. The van der Waals surface area contributed by atoms with Crippen LogP contribution >= 0.6 is 24.0 Å². The second-order valence-electron chi connectivity index (χ2n) is 6.59. The van der Waals surface area contributed by atoms with Crippen molar-refractivity contribution in [1.82, 2.24) is 0 Å². The highest BCUT2D eigenvalue weighted by Gasteiger charge is 2.33. The Morgan fingerprint density at radius 1 is 1.06 bits per heavy atom. The molecule has 0 saturated carbocycles. The summed E-state index contributed by atoms with van der Waals surface area (Å²) in [6, 6.07) is 18.6. The number of nitrogens with zero attached hydrogens (tertiary/aromatic N) is 1. The Morgan fingerprint density at radius 3 is 2.55 bits per heavy atom. The second kappa shape index (κ2) is 8.71. The third-order valence-corrected chi connectivity index (χ3v) is 5.79. The highest BCUT2D eigenvalue weighted by molar-refractivity contribution is 8.27. The number of nitrogens with one attached hydrogen (secondary N) is 1. The molecule has 0 aromatic heterocycles. The van der Waals surface area contributed by atoms with Crippen molar-refractivity contribution in [3.8, 4) is 5.75 Å². The average Bonchev–Trinajstić information content (AvgIpc) is 3.04. The minimum absolute atomic E-state index is 0.0623. The van der Waals surface area contributed by atoms with Crippen molar-refractivity contribution in [2.75, 3.05) is 10.2 Å². The molecule has 2 amide bonds. The van der Waals surface area contributed by atoms with Gasteiger partial charge in [-0.3, -0.25) is 14.5 Å². The van der Waals surface area contributed by atoms with Crippen molar-refractivity contribution in [2.24, 2.45) is 0 Å². The van der Waals surface area contributed by atoms with Crippen LogP contribution in [0.15, 0.2) is 77.7 Å². The minimum atomic E-state index is -0.399. The number of hydrogen-bond donors (Lipinski definition) is 2. The van der Waals surface area contributed by atoms with E-state index >= 15 is 0 Å². The summed E-state index contributed by atoms with van der Waals surface area (Å²) in [6.07, 6.45) is 1.58. The summed E-state index contributed by atoms with van der Waals surface area (Å²) in [5.74, 6) is -1.07. The van der Waals surface area contributed by atoms with E-state index < -0.39 is 11.7 Å². The molecule has 0 bridgehead atoms. The van der Waals surface area contributed by atoms with Crippen molar-refractivity contribution in [3.63, 3.8) is 0 Å². The maximum atomic E-state index is 13.1. The number of carbonyl (C=O) groups is 2. The van der Waals surface area contributed by atoms with E-state index in [1.165, 1.54) is 35.2 Å². The highest BCUT2D eigenvalue weighted by Crippen LogP contribution is 2.37. The van der Waals surface area contributed by atoms with Gasteiger partial charge in [0.05, 0.1) is 10.6 Å². The van der Waals surface area contributed by atoms with Crippen LogP contribution in [0.5, 0.6) is 5.75 Å². The smallest absolute Gasteiger partial charge is 0.270 e. The molecule has 8 heteroatoms. The Labute approximate surface area is 187 Å². The zero-order valence-corrected chi connectivity index (χ0v) is 17.5. The Morgan fingerprint density at radius 2 is 1.81 bits per heavy atom. The molecule has 4 rings (SSSR count). The SMILES string of the molecule is O=C(Nc1ccc(F)cc1)c1cccc(N2C(=O)/C(=C\c3ccccc3O)SC2=S)c1. The summed E-state index contributed by atoms with van der Waals surface area (Å²) in [4.78, 5) is 27.3. The lowest BCUT2D eigenvalue weighted by molar-refractivity contribution is -0.113. The van der Waals surface area contributed by atoms with Gasteiger partial charge in [0.15, 0.2) is 4.32 Å². The highest BCUT2D eigenvalue weighted by atomic mass is 32.2. The lowest BCUT2D eigenvalue weighted by atomic mass is 10.1. The minimum Gasteiger partial charge on any atom is -0.507 e. The van der Waals surface area contributed by atoms with Gasteiger partial charge in [-0.25, -0.2) is 4.39 Å². The number of aromatic hydroxyl groups is 1. The molecule has 1 fully saturated rings. The van der Waals surface area contributed by atoms with Crippen LogP contribution in [0.1, 0.15) is 15.9 Å². The van der Waals surface area contributed by atoms with Crippen LogP contribution < -0.4 is 10.2 Å². The fourth-order valence-corrected chi connectivity index (χ4v) is 4.25.